The summed E-state index contributed by atoms with van der Waals surface area (Å²) in [7, 11) is 0. The van der Waals surface area contributed by atoms with Gasteiger partial charge >= 0.3 is 0 Å². The third kappa shape index (κ3) is 3.20. The molecule has 2 heterocycles. The number of rotatable bonds is 5. The van der Waals surface area contributed by atoms with Crippen LogP contribution >= 0.6 is 0 Å². The van der Waals surface area contributed by atoms with Crippen molar-refractivity contribution in [2.45, 2.75) is 51.9 Å². The Labute approximate surface area is 124 Å². The molecule has 3 rings (SSSR count). The van der Waals surface area contributed by atoms with E-state index in [0.717, 1.165) is 31.7 Å². The zero-order valence-electron chi connectivity index (χ0n) is 13.3. The van der Waals surface area contributed by atoms with Crippen LogP contribution < -0.4 is 5.32 Å². The standard InChI is InChI=1S/C17H32N2O/c1-2-18-13-17(9-12-20-15-17)14-19-10-7-16(8-11-19)5-3-4-6-16/h18H,2-15H2,1H3. The zero-order chi connectivity index (χ0) is 13.9. The third-order valence-corrected chi connectivity index (χ3v) is 6.07. The summed E-state index contributed by atoms with van der Waals surface area (Å²) in [5.41, 5.74) is 1.13. The molecule has 0 amide bonds. The predicted molar refractivity (Wildman–Crippen MR) is 83.0 cm³/mol. The Morgan fingerprint density at radius 2 is 1.80 bits per heavy atom. The van der Waals surface area contributed by atoms with Gasteiger partial charge in [-0.05, 0) is 57.2 Å². The molecule has 1 saturated carbocycles. The van der Waals surface area contributed by atoms with Crippen molar-refractivity contribution in [3.8, 4) is 0 Å². The van der Waals surface area contributed by atoms with Gasteiger partial charge < -0.3 is 15.0 Å². The maximum atomic E-state index is 5.73. The van der Waals surface area contributed by atoms with Crippen LogP contribution in [0, 0.1) is 10.8 Å². The summed E-state index contributed by atoms with van der Waals surface area (Å²) >= 11 is 0. The van der Waals surface area contributed by atoms with Gasteiger partial charge in [0.05, 0.1) is 6.61 Å². The largest absolute Gasteiger partial charge is 0.381 e. The summed E-state index contributed by atoms with van der Waals surface area (Å²) in [6, 6.07) is 0. The second-order valence-corrected chi connectivity index (χ2v) is 7.57. The van der Waals surface area contributed by atoms with E-state index >= 15 is 0 Å². The Morgan fingerprint density at radius 3 is 2.40 bits per heavy atom. The summed E-state index contributed by atoms with van der Waals surface area (Å²) in [6.07, 6.45) is 10.1. The fourth-order valence-electron chi connectivity index (χ4n) is 4.64. The molecular weight excluding hydrogens is 248 g/mol. The molecule has 1 N–H and O–H groups in total. The minimum atomic E-state index is 0.385. The molecule has 1 aliphatic carbocycles. The Kier molecular flexibility index (Phi) is 4.68. The summed E-state index contributed by atoms with van der Waals surface area (Å²) in [4.78, 5) is 2.73. The normalized spacial score (nSPS) is 34.0. The van der Waals surface area contributed by atoms with Crippen molar-refractivity contribution < 1.29 is 4.74 Å². The lowest BCUT2D eigenvalue weighted by Gasteiger charge is -2.42. The molecule has 2 saturated heterocycles. The van der Waals surface area contributed by atoms with Crippen LogP contribution in [0.1, 0.15) is 51.9 Å². The Morgan fingerprint density at radius 1 is 1.05 bits per heavy atom. The SMILES string of the molecule is CCNCC1(CN2CCC3(CCCC3)CC2)CCOC1. The molecule has 1 atom stereocenters. The first-order valence-corrected chi connectivity index (χ1v) is 8.77. The first-order chi connectivity index (χ1) is 9.76. The molecule has 3 fully saturated rings. The van der Waals surface area contributed by atoms with Crippen LogP contribution in [0.2, 0.25) is 0 Å². The van der Waals surface area contributed by atoms with E-state index in [1.807, 2.05) is 0 Å². The van der Waals surface area contributed by atoms with E-state index in [-0.39, 0.29) is 0 Å². The van der Waals surface area contributed by atoms with Crippen LogP contribution in [0.25, 0.3) is 0 Å². The van der Waals surface area contributed by atoms with Gasteiger partial charge in [0.2, 0.25) is 0 Å². The molecule has 0 aromatic heterocycles. The number of hydrogen-bond acceptors (Lipinski definition) is 3. The van der Waals surface area contributed by atoms with Crippen LogP contribution in [-0.2, 0) is 4.74 Å². The van der Waals surface area contributed by atoms with Crippen molar-refractivity contribution in [1.82, 2.24) is 10.2 Å². The number of ether oxygens (including phenoxy) is 1. The van der Waals surface area contributed by atoms with Gasteiger partial charge in [0.1, 0.15) is 0 Å². The summed E-state index contributed by atoms with van der Waals surface area (Å²) < 4.78 is 5.73. The van der Waals surface area contributed by atoms with Gasteiger partial charge in [-0.2, -0.15) is 0 Å². The fourth-order valence-corrected chi connectivity index (χ4v) is 4.64. The molecule has 0 aromatic carbocycles. The predicted octanol–water partition coefficient (Wildman–Crippen LogP) is 2.66. The lowest BCUT2D eigenvalue weighted by Crippen LogP contribution is -2.48. The van der Waals surface area contributed by atoms with Crippen molar-refractivity contribution in [3.05, 3.63) is 0 Å². The van der Waals surface area contributed by atoms with Gasteiger partial charge in [-0.25, -0.2) is 0 Å². The zero-order valence-corrected chi connectivity index (χ0v) is 13.3. The van der Waals surface area contributed by atoms with Crippen molar-refractivity contribution in [3.63, 3.8) is 0 Å². The Hall–Kier alpha value is -0.120. The average molecular weight is 280 g/mol. The summed E-state index contributed by atoms with van der Waals surface area (Å²) in [5, 5.41) is 3.56. The number of nitrogens with zero attached hydrogens (tertiary/aromatic N) is 1. The lowest BCUT2D eigenvalue weighted by molar-refractivity contribution is 0.0587. The van der Waals surface area contributed by atoms with Crippen LogP contribution in [0.3, 0.4) is 0 Å². The van der Waals surface area contributed by atoms with Gasteiger partial charge in [0.15, 0.2) is 0 Å². The number of likely N-dealkylation sites (tertiary alicyclic amines) is 1. The van der Waals surface area contributed by atoms with Gasteiger partial charge in [-0.1, -0.05) is 19.8 Å². The van der Waals surface area contributed by atoms with E-state index < -0.39 is 0 Å². The highest BCUT2D eigenvalue weighted by molar-refractivity contribution is 4.93. The van der Waals surface area contributed by atoms with E-state index in [9.17, 15) is 0 Å². The third-order valence-electron chi connectivity index (χ3n) is 6.07. The Balaban J connectivity index is 1.52. The molecule has 20 heavy (non-hydrogen) atoms. The van der Waals surface area contributed by atoms with Crippen LogP contribution in [0.15, 0.2) is 0 Å². The summed E-state index contributed by atoms with van der Waals surface area (Å²) in [6.45, 7) is 10.2. The molecule has 1 spiro atoms. The molecule has 0 aromatic rings. The maximum absolute atomic E-state index is 5.73. The summed E-state index contributed by atoms with van der Waals surface area (Å²) in [5.74, 6) is 0. The first-order valence-electron chi connectivity index (χ1n) is 8.77. The Bertz CT molecular complexity index is 296. The lowest BCUT2D eigenvalue weighted by atomic mass is 9.76. The molecule has 3 nitrogen and oxygen atoms in total. The smallest absolute Gasteiger partial charge is 0.0547 e. The van der Waals surface area contributed by atoms with E-state index in [1.165, 1.54) is 64.6 Å². The second-order valence-electron chi connectivity index (χ2n) is 7.57. The second kappa shape index (κ2) is 6.33. The fraction of sp³-hybridized carbons (Fsp3) is 1.00. The van der Waals surface area contributed by atoms with E-state index in [4.69, 9.17) is 4.74 Å². The van der Waals surface area contributed by atoms with E-state index in [1.54, 1.807) is 0 Å². The topological polar surface area (TPSA) is 24.5 Å². The van der Waals surface area contributed by atoms with Crippen molar-refractivity contribution >= 4 is 0 Å². The molecule has 116 valence electrons. The first kappa shape index (κ1) is 14.8. The monoisotopic (exact) mass is 280 g/mol. The quantitative estimate of drug-likeness (QED) is 0.838. The molecular formula is C17H32N2O. The van der Waals surface area contributed by atoms with Crippen LogP contribution in [0.4, 0.5) is 0 Å². The molecule has 3 aliphatic rings. The van der Waals surface area contributed by atoms with Gasteiger partial charge in [-0.15, -0.1) is 0 Å². The van der Waals surface area contributed by atoms with Crippen LogP contribution in [-0.4, -0.2) is 50.8 Å². The van der Waals surface area contributed by atoms with Gasteiger partial charge in [-0.3, -0.25) is 0 Å². The van der Waals surface area contributed by atoms with Crippen molar-refractivity contribution in [2.75, 3.05) is 45.9 Å². The average Bonchev–Trinajstić information content (AvgIpc) is 3.10. The molecule has 0 radical (unpaired) electrons. The maximum Gasteiger partial charge on any atom is 0.0547 e. The van der Waals surface area contributed by atoms with Crippen molar-refractivity contribution in [2.24, 2.45) is 10.8 Å². The van der Waals surface area contributed by atoms with E-state index in [2.05, 4.69) is 17.1 Å². The number of nitrogens with one attached hydrogen (secondary N) is 1. The van der Waals surface area contributed by atoms with Gasteiger partial charge in [0.25, 0.3) is 0 Å². The number of piperidine rings is 1. The molecule has 1 unspecified atom stereocenters. The molecule has 3 heteroatoms. The van der Waals surface area contributed by atoms with Crippen molar-refractivity contribution in [1.29, 1.82) is 0 Å². The minimum Gasteiger partial charge on any atom is -0.381 e. The number of hydrogen-bond donors (Lipinski definition) is 1. The highest BCUT2D eigenvalue weighted by Gasteiger charge is 2.40. The highest BCUT2D eigenvalue weighted by atomic mass is 16.5. The van der Waals surface area contributed by atoms with Crippen LogP contribution in [0.5, 0.6) is 0 Å². The minimum absolute atomic E-state index is 0.385. The van der Waals surface area contributed by atoms with Gasteiger partial charge in [0, 0.05) is 25.1 Å². The molecule has 0 bridgehead atoms. The highest BCUT2D eigenvalue weighted by Crippen LogP contribution is 2.46. The van der Waals surface area contributed by atoms with E-state index in [0.29, 0.717) is 5.41 Å². The molecule has 2 aliphatic heterocycles.